The molecule has 0 aliphatic rings. The first-order chi connectivity index (χ1) is 9.04. The molecule has 1 aromatic carbocycles. The number of anilines is 1. The normalized spacial score (nSPS) is 10.5. The number of hydrogen-bond acceptors (Lipinski definition) is 5. The van der Waals surface area contributed by atoms with E-state index in [1.165, 1.54) is 5.56 Å². The number of hydrogen-bond donors (Lipinski definition) is 1. The van der Waals surface area contributed by atoms with Gasteiger partial charge in [-0.05, 0) is 49.4 Å². The molecule has 2 rings (SSSR count). The number of aromatic nitrogens is 2. The second-order valence-electron chi connectivity index (χ2n) is 4.24. The van der Waals surface area contributed by atoms with E-state index in [4.69, 9.17) is 0 Å². The highest BCUT2D eigenvalue weighted by Gasteiger charge is 2.16. The van der Waals surface area contributed by atoms with Crippen LogP contribution in [0.5, 0.6) is 0 Å². The average molecular weight is 277 g/mol. The monoisotopic (exact) mass is 277 g/mol. The standard InChI is InChI=1S/C13H15N3O2S/c1-7-5-6-10(8(2)11(7)19-4)13(17)14-12-9(3)15-18-16-12/h5-6H,1-4H3,(H,14,16,17). The smallest absolute Gasteiger partial charge is 0.257 e. The van der Waals surface area contributed by atoms with Gasteiger partial charge in [0.2, 0.25) is 5.82 Å². The number of nitrogens with zero attached hydrogens (tertiary/aromatic N) is 2. The Balaban J connectivity index is 2.32. The fourth-order valence-corrected chi connectivity index (χ4v) is 2.71. The van der Waals surface area contributed by atoms with E-state index in [-0.39, 0.29) is 5.91 Å². The van der Waals surface area contributed by atoms with E-state index < -0.39 is 0 Å². The molecule has 1 aromatic heterocycles. The van der Waals surface area contributed by atoms with Crippen LogP contribution in [0.3, 0.4) is 0 Å². The summed E-state index contributed by atoms with van der Waals surface area (Å²) in [6.45, 7) is 5.70. The summed E-state index contributed by atoms with van der Waals surface area (Å²) in [6.07, 6.45) is 2.00. The van der Waals surface area contributed by atoms with Gasteiger partial charge in [0.25, 0.3) is 5.91 Å². The van der Waals surface area contributed by atoms with E-state index in [1.807, 2.05) is 32.2 Å². The molecule has 0 radical (unpaired) electrons. The van der Waals surface area contributed by atoms with Crippen LogP contribution in [0.4, 0.5) is 5.82 Å². The van der Waals surface area contributed by atoms with Gasteiger partial charge in [0.15, 0.2) is 0 Å². The second-order valence-corrected chi connectivity index (χ2v) is 5.06. The molecule has 1 amide bonds. The third-order valence-corrected chi connectivity index (χ3v) is 3.97. The van der Waals surface area contributed by atoms with Crippen LogP contribution >= 0.6 is 11.8 Å². The largest absolute Gasteiger partial charge is 0.302 e. The van der Waals surface area contributed by atoms with Crippen LogP contribution in [0.25, 0.3) is 0 Å². The van der Waals surface area contributed by atoms with Gasteiger partial charge in [-0.15, -0.1) is 11.8 Å². The number of thioether (sulfide) groups is 1. The molecule has 5 nitrogen and oxygen atoms in total. The summed E-state index contributed by atoms with van der Waals surface area (Å²) in [7, 11) is 0. The van der Waals surface area contributed by atoms with E-state index >= 15 is 0 Å². The van der Waals surface area contributed by atoms with Gasteiger partial charge >= 0.3 is 0 Å². The summed E-state index contributed by atoms with van der Waals surface area (Å²) in [5.41, 5.74) is 3.33. The summed E-state index contributed by atoms with van der Waals surface area (Å²) >= 11 is 1.64. The fraction of sp³-hybridized carbons (Fsp3) is 0.308. The Kier molecular flexibility index (Phi) is 3.90. The number of nitrogens with one attached hydrogen (secondary N) is 1. The third kappa shape index (κ3) is 2.63. The number of aryl methyl sites for hydroxylation is 2. The summed E-state index contributed by atoms with van der Waals surface area (Å²) in [4.78, 5) is 13.4. The van der Waals surface area contributed by atoms with E-state index in [2.05, 4.69) is 20.3 Å². The maximum Gasteiger partial charge on any atom is 0.257 e. The average Bonchev–Trinajstić information content (AvgIpc) is 2.75. The predicted octanol–water partition coefficient (Wildman–Crippen LogP) is 2.97. The molecule has 0 saturated heterocycles. The van der Waals surface area contributed by atoms with Gasteiger partial charge in [-0.1, -0.05) is 11.2 Å². The SMILES string of the molecule is CSc1c(C)ccc(C(=O)Nc2nonc2C)c1C. The van der Waals surface area contributed by atoms with Crippen molar-refractivity contribution >= 4 is 23.5 Å². The molecule has 19 heavy (non-hydrogen) atoms. The van der Waals surface area contributed by atoms with Crippen LogP contribution in [0.2, 0.25) is 0 Å². The van der Waals surface area contributed by atoms with Crippen LogP contribution in [0.15, 0.2) is 21.7 Å². The Bertz CT molecular complexity index is 622. The molecule has 0 aliphatic carbocycles. The van der Waals surface area contributed by atoms with Crippen LogP contribution in [-0.2, 0) is 0 Å². The Hall–Kier alpha value is -1.82. The molecule has 0 fully saturated rings. The highest BCUT2D eigenvalue weighted by atomic mass is 32.2. The summed E-state index contributed by atoms with van der Waals surface area (Å²) in [5, 5.41) is 9.98. The topological polar surface area (TPSA) is 68.0 Å². The third-order valence-electron chi connectivity index (χ3n) is 2.94. The van der Waals surface area contributed by atoms with Crippen LogP contribution in [-0.4, -0.2) is 22.5 Å². The van der Waals surface area contributed by atoms with Gasteiger partial charge < -0.3 is 5.32 Å². The molecule has 0 bridgehead atoms. The molecule has 100 valence electrons. The van der Waals surface area contributed by atoms with E-state index in [1.54, 1.807) is 18.7 Å². The molecule has 1 N–H and O–H groups in total. The van der Waals surface area contributed by atoms with E-state index in [0.29, 0.717) is 17.1 Å². The molecular weight excluding hydrogens is 262 g/mol. The highest BCUT2D eigenvalue weighted by Crippen LogP contribution is 2.27. The predicted molar refractivity (Wildman–Crippen MR) is 74.7 cm³/mol. The zero-order chi connectivity index (χ0) is 14.0. The van der Waals surface area contributed by atoms with Crippen molar-refractivity contribution in [3.8, 4) is 0 Å². The lowest BCUT2D eigenvalue weighted by Gasteiger charge is -2.11. The van der Waals surface area contributed by atoms with Crippen molar-refractivity contribution in [2.75, 3.05) is 11.6 Å². The highest BCUT2D eigenvalue weighted by molar-refractivity contribution is 7.98. The Labute approximate surface area is 115 Å². The molecule has 0 aliphatic heterocycles. The first kappa shape index (κ1) is 13.6. The number of benzene rings is 1. The van der Waals surface area contributed by atoms with E-state index in [9.17, 15) is 4.79 Å². The van der Waals surface area contributed by atoms with Crippen molar-refractivity contribution < 1.29 is 9.42 Å². The van der Waals surface area contributed by atoms with Crippen LogP contribution in [0, 0.1) is 20.8 Å². The molecule has 0 atom stereocenters. The molecular formula is C13H15N3O2S. The minimum Gasteiger partial charge on any atom is -0.302 e. The van der Waals surface area contributed by atoms with Crippen molar-refractivity contribution in [1.82, 2.24) is 10.3 Å². The molecule has 6 heteroatoms. The molecule has 0 spiro atoms. The van der Waals surface area contributed by atoms with Gasteiger partial charge in [-0.2, -0.15) is 0 Å². The van der Waals surface area contributed by atoms with Gasteiger partial charge in [-0.3, -0.25) is 4.79 Å². The van der Waals surface area contributed by atoms with Crippen molar-refractivity contribution in [3.63, 3.8) is 0 Å². The zero-order valence-corrected chi connectivity index (χ0v) is 12.1. The molecule has 2 aromatic rings. The lowest BCUT2D eigenvalue weighted by molar-refractivity contribution is 0.102. The number of carbonyl (C=O) groups is 1. The molecule has 0 saturated carbocycles. The molecule has 0 unspecified atom stereocenters. The zero-order valence-electron chi connectivity index (χ0n) is 11.3. The van der Waals surface area contributed by atoms with Crippen LogP contribution in [0.1, 0.15) is 27.2 Å². The van der Waals surface area contributed by atoms with Gasteiger partial charge in [0, 0.05) is 10.5 Å². The number of rotatable bonds is 3. The fourth-order valence-electron chi connectivity index (χ4n) is 1.91. The Morgan fingerprint density at radius 1 is 1.26 bits per heavy atom. The summed E-state index contributed by atoms with van der Waals surface area (Å²) in [5.74, 6) is 0.155. The summed E-state index contributed by atoms with van der Waals surface area (Å²) < 4.78 is 4.56. The van der Waals surface area contributed by atoms with Crippen LogP contribution < -0.4 is 5.32 Å². The van der Waals surface area contributed by atoms with Crippen molar-refractivity contribution in [1.29, 1.82) is 0 Å². The second kappa shape index (κ2) is 5.44. The maximum atomic E-state index is 12.2. The Morgan fingerprint density at radius 3 is 2.58 bits per heavy atom. The van der Waals surface area contributed by atoms with E-state index in [0.717, 1.165) is 10.5 Å². The number of amides is 1. The maximum absolute atomic E-state index is 12.2. The lowest BCUT2D eigenvalue weighted by atomic mass is 10.0. The molecule has 1 heterocycles. The summed E-state index contributed by atoms with van der Waals surface area (Å²) in [6, 6.07) is 3.77. The van der Waals surface area contributed by atoms with Crippen molar-refractivity contribution in [3.05, 3.63) is 34.5 Å². The van der Waals surface area contributed by atoms with Gasteiger partial charge in [0.05, 0.1) is 0 Å². The van der Waals surface area contributed by atoms with Gasteiger partial charge in [-0.25, -0.2) is 4.63 Å². The minimum absolute atomic E-state index is 0.202. The quantitative estimate of drug-likeness (QED) is 0.873. The number of carbonyl (C=O) groups excluding carboxylic acids is 1. The van der Waals surface area contributed by atoms with Gasteiger partial charge in [0.1, 0.15) is 5.69 Å². The first-order valence-electron chi connectivity index (χ1n) is 5.79. The first-order valence-corrected chi connectivity index (χ1v) is 7.01. The Morgan fingerprint density at radius 2 is 2.00 bits per heavy atom. The van der Waals surface area contributed by atoms with Crippen molar-refractivity contribution in [2.24, 2.45) is 0 Å². The van der Waals surface area contributed by atoms with Crippen molar-refractivity contribution in [2.45, 2.75) is 25.7 Å². The minimum atomic E-state index is -0.202. The lowest BCUT2D eigenvalue weighted by Crippen LogP contribution is -2.15.